The molecular formula is C14H20ClN3O2S. The predicted octanol–water partition coefficient (Wildman–Crippen LogP) is 1.66. The lowest BCUT2D eigenvalue weighted by Crippen LogP contribution is -2.55. The van der Waals surface area contributed by atoms with Crippen LogP contribution >= 0.6 is 12.4 Å². The predicted molar refractivity (Wildman–Crippen MR) is 84.0 cm³/mol. The molecule has 0 amide bonds. The molecule has 0 spiro atoms. The van der Waals surface area contributed by atoms with Crippen molar-refractivity contribution in [2.24, 2.45) is 0 Å². The molecular weight excluding hydrogens is 310 g/mol. The van der Waals surface area contributed by atoms with Crippen LogP contribution in [0, 0.1) is 18.3 Å². The van der Waals surface area contributed by atoms with E-state index in [1.54, 1.807) is 19.1 Å². The monoisotopic (exact) mass is 329 g/mol. The largest absolute Gasteiger partial charge is 0.309 e. The van der Waals surface area contributed by atoms with E-state index in [1.165, 1.54) is 10.4 Å². The highest BCUT2D eigenvalue weighted by Crippen LogP contribution is 2.22. The van der Waals surface area contributed by atoms with Crippen LogP contribution in [0.4, 0.5) is 0 Å². The van der Waals surface area contributed by atoms with Crippen molar-refractivity contribution in [2.45, 2.75) is 37.8 Å². The highest BCUT2D eigenvalue weighted by atomic mass is 35.5. The fraction of sp³-hybridized carbons (Fsp3) is 0.500. The van der Waals surface area contributed by atoms with Crippen LogP contribution in [0.25, 0.3) is 0 Å². The highest BCUT2D eigenvalue weighted by molar-refractivity contribution is 7.89. The summed E-state index contributed by atoms with van der Waals surface area (Å²) in [5, 5.41) is 12.2. The topological polar surface area (TPSA) is 73.2 Å². The summed E-state index contributed by atoms with van der Waals surface area (Å²) in [7, 11) is -3.50. The van der Waals surface area contributed by atoms with Gasteiger partial charge in [0, 0.05) is 25.2 Å². The van der Waals surface area contributed by atoms with E-state index in [0.29, 0.717) is 24.2 Å². The first-order valence-electron chi connectivity index (χ1n) is 6.61. The summed E-state index contributed by atoms with van der Waals surface area (Å²) >= 11 is 0. The van der Waals surface area contributed by atoms with E-state index < -0.39 is 10.0 Å². The maximum absolute atomic E-state index is 12.7. The van der Waals surface area contributed by atoms with Crippen molar-refractivity contribution in [2.75, 3.05) is 13.1 Å². The number of hydrogen-bond donors (Lipinski definition) is 1. The van der Waals surface area contributed by atoms with Crippen molar-refractivity contribution in [3.8, 4) is 6.07 Å². The van der Waals surface area contributed by atoms with Crippen LogP contribution < -0.4 is 5.32 Å². The Labute approximate surface area is 132 Å². The fourth-order valence-electron chi connectivity index (χ4n) is 2.62. The van der Waals surface area contributed by atoms with E-state index in [-0.39, 0.29) is 29.4 Å². The van der Waals surface area contributed by atoms with Crippen molar-refractivity contribution >= 4 is 22.4 Å². The standard InChI is InChI=1S/C14H19N3O2S.ClH/c1-10-6-13(7-15)4-5-14(10)20(18,19)17-8-11(2)16-12(3)9-17;/h4-6,11-12,16H,8-9H2,1-3H3;1H. The third-order valence-electron chi connectivity index (χ3n) is 3.45. The average Bonchev–Trinajstić information content (AvgIpc) is 2.37. The molecule has 0 aliphatic carbocycles. The first-order chi connectivity index (χ1) is 9.34. The summed E-state index contributed by atoms with van der Waals surface area (Å²) in [6.45, 7) is 6.61. The lowest BCUT2D eigenvalue weighted by molar-refractivity contribution is 0.263. The summed E-state index contributed by atoms with van der Waals surface area (Å²) in [6.07, 6.45) is 0. The molecule has 116 valence electrons. The molecule has 0 saturated carbocycles. The molecule has 1 saturated heterocycles. The summed E-state index contributed by atoms with van der Waals surface area (Å²) < 4.78 is 26.9. The number of benzene rings is 1. The van der Waals surface area contributed by atoms with Gasteiger partial charge in [0.15, 0.2) is 0 Å². The van der Waals surface area contributed by atoms with Crippen LogP contribution in [0.2, 0.25) is 0 Å². The summed E-state index contributed by atoms with van der Waals surface area (Å²) in [5.41, 5.74) is 1.09. The SMILES string of the molecule is Cc1cc(C#N)ccc1S(=O)(=O)N1CC(C)NC(C)C1.Cl. The highest BCUT2D eigenvalue weighted by Gasteiger charge is 2.32. The molecule has 0 aromatic heterocycles. The van der Waals surface area contributed by atoms with Crippen LogP contribution in [0.15, 0.2) is 23.1 Å². The fourth-order valence-corrected chi connectivity index (χ4v) is 4.44. The zero-order chi connectivity index (χ0) is 14.9. The number of hydrogen-bond acceptors (Lipinski definition) is 4. The summed E-state index contributed by atoms with van der Waals surface area (Å²) in [5.74, 6) is 0. The number of aryl methyl sites for hydroxylation is 1. The molecule has 0 bridgehead atoms. The minimum atomic E-state index is -3.50. The second-order valence-corrected chi connectivity index (χ2v) is 7.29. The molecule has 5 nitrogen and oxygen atoms in total. The Morgan fingerprint density at radius 2 is 1.86 bits per heavy atom. The van der Waals surface area contributed by atoms with Crippen LogP contribution in [-0.2, 0) is 10.0 Å². The van der Waals surface area contributed by atoms with Gasteiger partial charge in [0.2, 0.25) is 10.0 Å². The third kappa shape index (κ3) is 3.74. The van der Waals surface area contributed by atoms with Gasteiger partial charge in [-0.15, -0.1) is 12.4 Å². The van der Waals surface area contributed by atoms with E-state index in [4.69, 9.17) is 5.26 Å². The van der Waals surface area contributed by atoms with Crippen LogP contribution in [0.1, 0.15) is 25.0 Å². The van der Waals surface area contributed by atoms with Gasteiger partial charge >= 0.3 is 0 Å². The number of halogens is 1. The molecule has 1 aliphatic heterocycles. The van der Waals surface area contributed by atoms with E-state index in [9.17, 15) is 8.42 Å². The summed E-state index contributed by atoms with van der Waals surface area (Å²) in [6, 6.07) is 6.98. The van der Waals surface area contributed by atoms with E-state index in [2.05, 4.69) is 5.32 Å². The molecule has 1 fully saturated rings. The Morgan fingerprint density at radius 3 is 2.33 bits per heavy atom. The molecule has 1 heterocycles. The minimum Gasteiger partial charge on any atom is -0.309 e. The molecule has 2 rings (SSSR count). The first-order valence-corrected chi connectivity index (χ1v) is 8.05. The number of sulfonamides is 1. The third-order valence-corrected chi connectivity index (χ3v) is 5.44. The lowest BCUT2D eigenvalue weighted by Gasteiger charge is -2.35. The quantitative estimate of drug-likeness (QED) is 0.895. The average molecular weight is 330 g/mol. The molecule has 7 heteroatoms. The number of nitrogens with zero attached hydrogens (tertiary/aromatic N) is 2. The maximum atomic E-state index is 12.7. The van der Waals surface area contributed by atoms with Crippen LogP contribution in [-0.4, -0.2) is 37.9 Å². The number of rotatable bonds is 2. The molecule has 0 radical (unpaired) electrons. The zero-order valence-electron chi connectivity index (χ0n) is 12.3. The molecule has 1 aromatic carbocycles. The van der Waals surface area contributed by atoms with Crippen molar-refractivity contribution in [3.05, 3.63) is 29.3 Å². The van der Waals surface area contributed by atoms with E-state index >= 15 is 0 Å². The van der Waals surface area contributed by atoms with Crippen molar-refractivity contribution < 1.29 is 8.42 Å². The number of piperazine rings is 1. The van der Waals surface area contributed by atoms with Gasteiger partial charge in [0.1, 0.15) is 0 Å². The minimum absolute atomic E-state index is 0. The van der Waals surface area contributed by atoms with Gasteiger partial charge in [-0.1, -0.05) is 0 Å². The number of nitriles is 1. The van der Waals surface area contributed by atoms with Crippen molar-refractivity contribution in [3.63, 3.8) is 0 Å². The second-order valence-electron chi connectivity index (χ2n) is 5.38. The smallest absolute Gasteiger partial charge is 0.243 e. The first kappa shape index (κ1) is 17.9. The van der Waals surface area contributed by atoms with Crippen molar-refractivity contribution in [1.29, 1.82) is 5.26 Å². The Balaban J connectivity index is 0.00000220. The van der Waals surface area contributed by atoms with Crippen LogP contribution in [0.3, 0.4) is 0 Å². The van der Waals surface area contributed by atoms with Crippen LogP contribution in [0.5, 0.6) is 0 Å². The molecule has 1 aromatic rings. The van der Waals surface area contributed by atoms with Crippen molar-refractivity contribution in [1.82, 2.24) is 9.62 Å². The Bertz CT molecular complexity index is 645. The normalized spacial score (nSPS) is 23.1. The van der Waals surface area contributed by atoms with Gasteiger partial charge in [-0.3, -0.25) is 0 Å². The van der Waals surface area contributed by atoms with E-state index in [0.717, 1.165) is 0 Å². The van der Waals surface area contributed by atoms with E-state index in [1.807, 2.05) is 19.9 Å². The summed E-state index contributed by atoms with van der Waals surface area (Å²) in [4.78, 5) is 0.290. The second kappa shape index (κ2) is 6.75. The zero-order valence-corrected chi connectivity index (χ0v) is 14.0. The molecule has 1 N–H and O–H groups in total. The van der Waals surface area contributed by atoms with Gasteiger partial charge in [0.25, 0.3) is 0 Å². The van der Waals surface area contributed by atoms with Gasteiger partial charge in [-0.2, -0.15) is 9.57 Å². The molecule has 2 atom stereocenters. The Kier molecular flexibility index (Phi) is 5.76. The molecule has 1 aliphatic rings. The van der Waals surface area contributed by atoms with Gasteiger partial charge in [0.05, 0.1) is 16.5 Å². The van der Waals surface area contributed by atoms with Gasteiger partial charge in [-0.25, -0.2) is 8.42 Å². The Morgan fingerprint density at radius 1 is 1.29 bits per heavy atom. The molecule has 2 unspecified atom stereocenters. The number of nitrogens with one attached hydrogen (secondary N) is 1. The Hall–Kier alpha value is -1.13. The lowest BCUT2D eigenvalue weighted by atomic mass is 10.2. The van der Waals surface area contributed by atoms with Gasteiger partial charge < -0.3 is 5.32 Å². The maximum Gasteiger partial charge on any atom is 0.243 e. The molecule has 21 heavy (non-hydrogen) atoms. The van der Waals surface area contributed by atoms with Gasteiger partial charge in [-0.05, 0) is 44.5 Å².